The molecule has 0 heterocycles. The van der Waals surface area contributed by atoms with Crippen molar-refractivity contribution in [1.82, 2.24) is 0 Å². The lowest BCUT2D eigenvalue weighted by atomic mass is 10.2. The Hall–Kier alpha value is -2.32. The molecule has 1 N–H and O–H groups in total. The molecule has 0 fully saturated rings. The summed E-state index contributed by atoms with van der Waals surface area (Å²) in [5.41, 5.74) is 2.28. The second-order valence-corrected chi connectivity index (χ2v) is 5.73. The fraction of sp³-hybridized carbons (Fsp3) is 0.176. The molecule has 0 aliphatic carbocycles. The van der Waals surface area contributed by atoms with E-state index in [1.54, 1.807) is 31.2 Å². The van der Waals surface area contributed by atoms with Gasteiger partial charge in [0.2, 0.25) is 0 Å². The van der Waals surface area contributed by atoms with Crippen LogP contribution in [0.3, 0.4) is 0 Å². The summed E-state index contributed by atoms with van der Waals surface area (Å²) >= 11 is 3.42. The van der Waals surface area contributed by atoms with E-state index >= 15 is 0 Å². The van der Waals surface area contributed by atoms with Crippen molar-refractivity contribution < 1.29 is 9.53 Å². The Morgan fingerprint density at radius 3 is 2.55 bits per heavy atom. The number of ether oxygens (including phenoxy) is 1. The number of carbonyl (C=O) groups is 1. The molecular formula is C17H15BrN2O2. The van der Waals surface area contributed by atoms with Gasteiger partial charge in [-0.05, 0) is 71.7 Å². The van der Waals surface area contributed by atoms with Crippen LogP contribution in [0.5, 0.6) is 5.75 Å². The van der Waals surface area contributed by atoms with E-state index in [1.165, 1.54) is 0 Å². The number of carbonyl (C=O) groups excluding carboxylic acids is 1. The summed E-state index contributed by atoms with van der Waals surface area (Å²) in [4.78, 5) is 12.1. The standard InChI is InChI=1S/C17H15BrN2O2/c1-11-3-8-16(15(18)9-11)22-12(2)17(21)20-14-6-4-13(10-19)5-7-14/h3-9,12H,1-2H3,(H,20,21). The number of hydrogen-bond donors (Lipinski definition) is 1. The molecule has 2 aromatic carbocycles. The molecule has 2 aromatic rings. The smallest absolute Gasteiger partial charge is 0.265 e. The Morgan fingerprint density at radius 2 is 1.95 bits per heavy atom. The molecular weight excluding hydrogens is 344 g/mol. The number of amides is 1. The average Bonchev–Trinajstić information content (AvgIpc) is 2.50. The number of aryl methyl sites for hydroxylation is 1. The van der Waals surface area contributed by atoms with Crippen molar-refractivity contribution >= 4 is 27.5 Å². The SMILES string of the molecule is Cc1ccc(OC(C)C(=O)Nc2ccc(C#N)cc2)c(Br)c1. The molecule has 0 bridgehead atoms. The molecule has 112 valence electrons. The van der Waals surface area contributed by atoms with Gasteiger partial charge in [-0.25, -0.2) is 0 Å². The maximum absolute atomic E-state index is 12.1. The number of nitrogens with zero attached hydrogens (tertiary/aromatic N) is 1. The second kappa shape index (κ2) is 7.10. The van der Waals surface area contributed by atoms with Gasteiger partial charge in [0.1, 0.15) is 5.75 Å². The molecule has 0 aliphatic heterocycles. The van der Waals surface area contributed by atoms with E-state index in [2.05, 4.69) is 21.2 Å². The lowest BCUT2D eigenvalue weighted by molar-refractivity contribution is -0.122. The minimum Gasteiger partial charge on any atom is -0.480 e. The lowest BCUT2D eigenvalue weighted by Crippen LogP contribution is -2.30. The highest BCUT2D eigenvalue weighted by molar-refractivity contribution is 9.10. The zero-order chi connectivity index (χ0) is 16.1. The first-order valence-corrected chi connectivity index (χ1v) is 7.52. The van der Waals surface area contributed by atoms with Crippen LogP contribution in [0.15, 0.2) is 46.9 Å². The highest BCUT2D eigenvalue weighted by Gasteiger charge is 2.16. The summed E-state index contributed by atoms with van der Waals surface area (Å²) < 4.78 is 6.48. The average molecular weight is 359 g/mol. The van der Waals surface area contributed by atoms with Crippen LogP contribution in [-0.2, 0) is 4.79 Å². The van der Waals surface area contributed by atoms with Crippen LogP contribution in [-0.4, -0.2) is 12.0 Å². The van der Waals surface area contributed by atoms with Crippen LogP contribution < -0.4 is 10.1 Å². The normalized spacial score (nSPS) is 11.4. The van der Waals surface area contributed by atoms with Gasteiger partial charge in [-0.3, -0.25) is 4.79 Å². The summed E-state index contributed by atoms with van der Waals surface area (Å²) in [6.07, 6.45) is -0.644. The van der Waals surface area contributed by atoms with Crippen molar-refractivity contribution in [1.29, 1.82) is 5.26 Å². The molecule has 0 aliphatic rings. The lowest BCUT2D eigenvalue weighted by Gasteiger charge is -2.16. The van der Waals surface area contributed by atoms with Crippen LogP contribution >= 0.6 is 15.9 Å². The number of halogens is 1. The second-order valence-electron chi connectivity index (χ2n) is 4.87. The summed E-state index contributed by atoms with van der Waals surface area (Å²) in [5.74, 6) is 0.366. The molecule has 22 heavy (non-hydrogen) atoms. The number of nitriles is 1. The summed E-state index contributed by atoms with van der Waals surface area (Å²) in [7, 11) is 0. The van der Waals surface area contributed by atoms with Crippen molar-refractivity contribution in [3.63, 3.8) is 0 Å². The van der Waals surface area contributed by atoms with E-state index in [9.17, 15) is 4.79 Å². The fourth-order valence-corrected chi connectivity index (χ4v) is 2.40. The van der Waals surface area contributed by atoms with Crippen molar-refractivity contribution in [2.75, 3.05) is 5.32 Å². The molecule has 0 saturated heterocycles. The number of hydrogen-bond acceptors (Lipinski definition) is 3. The van der Waals surface area contributed by atoms with Gasteiger partial charge < -0.3 is 10.1 Å². The predicted molar refractivity (Wildman–Crippen MR) is 88.8 cm³/mol. The molecule has 0 aromatic heterocycles. The van der Waals surface area contributed by atoms with Crippen LogP contribution in [0.1, 0.15) is 18.1 Å². The van der Waals surface area contributed by atoms with Crippen molar-refractivity contribution in [2.24, 2.45) is 0 Å². The fourth-order valence-electron chi connectivity index (χ4n) is 1.82. The molecule has 1 amide bonds. The maximum atomic E-state index is 12.1. The molecule has 2 rings (SSSR count). The van der Waals surface area contributed by atoms with E-state index in [1.807, 2.05) is 31.2 Å². The van der Waals surface area contributed by atoms with Gasteiger partial charge >= 0.3 is 0 Å². The highest BCUT2D eigenvalue weighted by Crippen LogP contribution is 2.26. The third kappa shape index (κ3) is 4.09. The molecule has 1 unspecified atom stereocenters. The molecule has 0 radical (unpaired) electrons. The van der Waals surface area contributed by atoms with Gasteiger partial charge in [0, 0.05) is 5.69 Å². The summed E-state index contributed by atoms with van der Waals surface area (Å²) in [6.45, 7) is 3.67. The Kier molecular flexibility index (Phi) is 5.18. The zero-order valence-electron chi connectivity index (χ0n) is 12.3. The minimum atomic E-state index is -0.644. The van der Waals surface area contributed by atoms with Gasteiger partial charge in [0.05, 0.1) is 16.1 Å². The van der Waals surface area contributed by atoms with Gasteiger partial charge in [0.15, 0.2) is 6.10 Å². The Bertz CT molecular complexity index is 720. The Labute approximate surface area is 137 Å². The van der Waals surface area contributed by atoms with Gasteiger partial charge in [-0.2, -0.15) is 5.26 Å². The predicted octanol–water partition coefficient (Wildman–Crippen LogP) is 4.04. The third-order valence-corrected chi connectivity index (χ3v) is 3.66. The number of benzene rings is 2. The zero-order valence-corrected chi connectivity index (χ0v) is 13.8. The van der Waals surface area contributed by atoms with E-state index in [4.69, 9.17) is 10.00 Å². The first kappa shape index (κ1) is 16.1. The van der Waals surface area contributed by atoms with Crippen LogP contribution in [0.25, 0.3) is 0 Å². The van der Waals surface area contributed by atoms with Crippen LogP contribution in [0.4, 0.5) is 5.69 Å². The molecule has 4 nitrogen and oxygen atoms in total. The van der Waals surface area contributed by atoms with Gasteiger partial charge in [-0.15, -0.1) is 0 Å². The molecule has 5 heteroatoms. The first-order valence-electron chi connectivity index (χ1n) is 6.73. The third-order valence-electron chi connectivity index (χ3n) is 3.04. The summed E-state index contributed by atoms with van der Waals surface area (Å²) in [5, 5.41) is 11.5. The molecule has 0 spiro atoms. The Morgan fingerprint density at radius 1 is 1.27 bits per heavy atom. The monoisotopic (exact) mass is 358 g/mol. The highest BCUT2D eigenvalue weighted by atomic mass is 79.9. The van der Waals surface area contributed by atoms with Gasteiger partial charge in [0.25, 0.3) is 5.91 Å². The number of anilines is 1. The minimum absolute atomic E-state index is 0.253. The van der Waals surface area contributed by atoms with Crippen molar-refractivity contribution in [3.8, 4) is 11.8 Å². The van der Waals surface area contributed by atoms with E-state index in [0.717, 1.165) is 10.0 Å². The van der Waals surface area contributed by atoms with E-state index < -0.39 is 6.10 Å². The summed E-state index contributed by atoms with van der Waals surface area (Å²) in [6, 6.07) is 14.4. The first-order chi connectivity index (χ1) is 10.5. The van der Waals surface area contributed by atoms with Crippen molar-refractivity contribution in [3.05, 3.63) is 58.1 Å². The number of rotatable bonds is 4. The Balaban J connectivity index is 2.01. The maximum Gasteiger partial charge on any atom is 0.265 e. The largest absolute Gasteiger partial charge is 0.480 e. The van der Waals surface area contributed by atoms with Crippen LogP contribution in [0.2, 0.25) is 0 Å². The quantitative estimate of drug-likeness (QED) is 0.896. The van der Waals surface area contributed by atoms with Crippen LogP contribution in [0, 0.1) is 18.3 Å². The van der Waals surface area contributed by atoms with Gasteiger partial charge in [-0.1, -0.05) is 6.07 Å². The van der Waals surface area contributed by atoms with E-state index in [0.29, 0.717) is 17.0 Å². The number of nitrogens with one attached hydrogen (secondary N) is 1. The molecule has 0 saturated carbocycles. The topological polar surface area (TPSA) is 62.1 Å². The van der Waals surface area contributed by atoms with Crippen molar-refractivity contribution in [2.45, 2.75) is 20.0 Å². The molecule has 1 atom stereocenters. The van der Waals surface area contributed by atoms with E-state index in [-0.39, 0.29) is 5.91 Å².